The second-order valence-electron chi connectivity index (χ2n) is 7.43. The van der Waals surface area contributed by atoms with Crippen molar-refractivity contribution in [2.24, 2.45) is 4.99 Å². The molecule has 3 heterocycles. The lowest BCUT2D eigenvalue weighted by Gasteiger charge is -2.36. The molecule has 3 aromatic rings. The van der Waals surface area contributed by atoms with Gasteiger partial charge in [0.05, 0.1) is 5.69 Å². The number of para-hydroxylation sites is 1. The van der Waals surface area contributed by atoms with Gasteiger partial charge in [0, 0.05) is 63.7 Å². The van der Waals surface area contributed by atoms with Gasteiger partial charge in [-0.1, -0.05) is 23.4 Å². The molecule has 2 aromatic heterocycles. The maximum absolute atomic E-state index is 5.90. The summed E-state index contributed by atoms with van der Waals surface area (Å²) in [4.78, 5) is 9.59. The smallest absolute Gasteiger partial charge is 0.194 e. The topological polar surface area (TPSA) is 70.0 Å². The fourth-order valence-corrected chi connectivity index (χ4v) is 3.70. The van der Waals surface area contributed by atoms with E-state index in [-0.39, 0.29) is 24.0 Å². The Morgan fingerprint density at radius 2 is 1.97 bits per heavy atom. The van der Waals surface area contributed by atoms with Crippen molar-refractivity contribution in [1.29, 1.82) is 0 Å². The first-order valence-electron chi connectivity index (χ1n) is 10.4. The van der Waals surface area contributed by atoms with Crippen molar-refractivity contribution >= 4 is 40.9 Å². The van der Waals surface area contributed by atoms with Crippen LogP contribution in [0.3, 0.4) is 0 Å². The maximum atomic E-state index is 5.90. The van der Waals surface area contributed by atoms with E-state index in [1.165, 1.54) is 0 Å². The van der Waals surface area contributed by atoms with E-state index in [0.29, 0.717) is 6.54 Å². The predicted molar refractivity (Wildman–Crippen MR) is 129 cm³/mol. The number of furan rings is 1. The summed E-state index contributed by atoms with van der Waals surface area (Å²) in [6.07, 6.45) is 0.801. The molecule has 0 atom stereocenters. The number of aromatic nitrogens is 1. The van der Waals surface area contributed by atoms with E-state index in [1.54, 1.807) is 0 Å². The molecule has 0 spiro atoms. The molecular formula is C22H30IN5O2. The van der Waals surface area contributed by atoms with E-state index in [0.717, 1.165) is 79.8 Å². The third-order valence-corrected chi connectivity index (χ3v) is 5.17. The highest BCUT2D eigenvalue weighted by Gasteiger charge is 2.20. The standard InChI is InChI=1S/C22H29N5O2.HI/c1-3-23-22(24-9-8-20-15-18-6-4-5-7-21(18)28-20)27-12-10-26(11-13-27)16-19-14-17(2)29-25-19;/h4-7,14-15H,3,8-13,16H2,1-2H3,(H,23,24);1H. The van der Waals surface area contributed by atoms with E-state index >= 15 is 0 Å². The number of hydrogen-bond acceptors (Lipinski definition) is 5. The summed E-state index contributed by atoms with van der Waals surface area (Å²) < 4.78 is 11.1. The molecular weight excluding hydrogens is 493 g/mol. The van der Waals surface area contributed by atoms with Gasteiger partial charge >= 0.3 is 0 Å². The van der Waals surface area contributed by atoms with Gasteiger partial charge in [-0.15, -0.1) is 24.0 Å². The van der Waals surface area contributed by atoms with E-state index < -0.39 is 0 Å². The number of hydrogen-bond donors (Lipinski definition) is 1. The van der Waals surface area contributed by atoms with Crippen molar-refractivity contribution in [1.82, 2.24) is 20.3 Å². The molecule has 0 radical (unpaired) electrons. The maximum Gasteiger partial charge on any atom is 0.194 e. The molecule has 30 heavy (non-hydrogen) atoms. The van der Waals surface area contributed by atoms with Crippen LogP contribution in [0.4, 0.5) is 0 Å². The van der Waals surface area contributed by atoms with Gasteiger partial charge in [-0.25, -0.2) is 0 Å². The molecule has 0 amide bonds. The number of nitrogens with zero attached hydrogens (tertiary/aromatic N) is 4. The zero-order valence-electron chi connectivity index (χ0n) is 17.6. The SMILES string of the molecule is CCNC(=NCCc1cc2ccccc2o1)N1CCN(Cc2cc(C)on2)CC1.I. The number of nitrogens with one attached hydrogen (secondary N) is 1. The van der Waals surface area contributed by atoms with Crippen LogP contribution in [0, 0.1) is 6.92 Å². The van der Waals surface area contributed by atoms with Crippen LogP contribution in [-0.4, -0.2) is 60.2 Å². The normalized spacial score (nSPS) is 15.4. The zero-order chi connectivity index (χ0) is 20.1. The summed E-state index contributed by atoms with van der Waals surface area (Å²) in [5, 5.41) is 8.69. The number of fused-ring (bicyclic) bond motifs is 1. The Hall–Kier alpha value is -2.07. The summed E-state index contributed by atoms with van der Waals surface area (Å²) >= 11 is 0. The third kappa shape index (κ3) is 5.75. The van der Waals surface area contributed by atoms with Gasteiger partial charge in [-0.3, -0.25) is 9.89 Å². The van der Waals surface area contributed by atoms with E-state index in [2.05, 4.69) is 39.3 Å². The molecule has 162 valence electrons. The van der Waals surface area contributed by atoms with Crippen LogP contribution in [-0.2, 0) is 13.0 Å². The minimum atomic E-state index is 0. The number of aryl methyl sites for hydroxylation is 1. The Labute approximate surface area is 194 Å². The first-order valence-corrected chi connectivity index (χ1v) is 10.4. The molecule has 1 saturated heterocycles. The van der Waals surface area contributed by atoms with Crippen LogP contribution >= 0.6 is 24.0 Å². The molecule has 0 unspecified atom stereocenters. The van der Waals surface area contributed by atoms with Gasteiger partial charge in [0.1, 0.15) is 17.1 Å². The van der Waals surface area contributed by atoms with Crippen LogP contribution in [0.15, 0.2) is 50.3 Å². The highest BCUT2D eigenvalue weighted by Crippen LogP contribution is 2.19. The zero-order valence-corrected chi connectivity index (χ0v) is 20.0. The Bertz CT molecular complexity index is 926. The second-order valence-corrected chi connectivity index (χ2v) is 7.43. The Morgan fingerprint density at radius 1 is 1.17 bits per heavy atom. The molecule has 1 N–H and O–H groups in total. The Morgan fingerprint density at radius 3 is 2.67 bits per heavy atom. The van der Waals surface area contributed by atoms with Crippen LogP contribution in [0.5, 0.6) is 0 Å². The van der Waals surface area contributed by atoms with Crippen molar-refractivity contribution in [3.05, 3.63) is 53.6 Å². The lowest BCUT2D eigenvalue weighted by Crippen LogP contribution is -2.52. The first-order chi connectivity index (χ1) is 14.2. The van der Waals surface area contributed by atoms with Crippen LogP contribution in [0.2, 0.25) is 0 Å². The minimum Gasteiger partial charge on any atom is -0.461 e. The number of halogens is 1. The summed E-state index contributed by atoms with van der Waals surface area (Å²) in [5.74, 6) is 2.84. The van der Waals surface area contributed by atoms with Gasteiger partial charge in [0.15, 0.2) is 5.96 Å². The van der Waals surface area contributed by atoms with Gasteiger partial charge in [0.2, 0.25) is 0 Å². The molecule has 8 heteroatoms. The Kier molecular flexibility index (Phi) is 8.15. The van der Waals surface area contributed by atoms with Gasteiger partial charge in [0.25, 0.3) is 0 Å². The van der Waals surface area contributed by atoms with E-state index in [9.17, 15) is 0 Å². The number of rotatable bonds is 6. The quantitative estimate of drug-likeness (QED) is 0.302. The lowest BCUT2D eigenvalue weighted by atomic mass is 10.2. The second kappa shape index (κ2) is 10.8. The summed E-state index contributed by atoms with van der Waals surface area (Å²) in [5.41, 5.74) is 1.94. The largest absolute Gasteiger partial charge is 0.461 e. The van der Waals surface area contributed by atoms with Crippen molar-refractivity contribution < 1.29 is 8.94 Å². The van der Waals surface area contributed by atoms with Crippen LogP contribution < -0.4 is 5.32 Å². The number of benzene rings is 1. The molecule has 7 nitrogen and oxygen atoms in total. The highest BCUT2D eigenvalue weighted by molar-refractivity contribution is 14.0. The minimum absolute atomic E-state index is 0. The van der Waals surface area contributed by atoms with Crippen molar-refractivity contribution in [2.75, 3.05) is 39.3 Å². The van der Waals surface area contributed by atoms with Gasteiger partial charge in [-0.2, -0.15) is 0 Å². The fraction of sp³-hybridized carbons (Fsp3) is 0.455. The number of piperazine rings is 1. The number of guanidine groups is 1. The average molecular weight is 523 g/mol. The lowest BCUT2D eigenvalue weighted by molar-refractivity contribution is 0.169. The summed E-state index contributed by atoms with van der Waals surface area (Å²) in [7, 11) is 0. The van der Waals surface area contributed by atoms with Gasteiger partial charge < -0.3 is 19.2 Å². The molecule has 0 saturated carbocycles. The monoisotopic (exact) mass is 523 g/mol. The average Bonchev–Trinajstić information content (AvgIpc) is 3.33. The fourth-order valence-electron chi connectivity index (χ4n) is 3.70. The Balaban J connectivity index is 0.00000256. The molecule has 4 rings (SSSR count). The van der Waals surface area contributed by atoms with E-state index in [4.69, 9.17) is 13.9 Å². The summed E-state index contributed by atoms with van der Waals surface area (Å²) in [6, 6.07) is 12.2. The van der Waals surface area contributed by atoms with Crippen molar-refractivity contribution in [3.8, 4) is 0 Å². The first kappa shape index (κ1) is 22.6. The van der Waals surface area contributed by atoms with Gasteiger partial charge in [-0.05, 0) is 26.0 Å². The van der Waals surface area contributed by atoms with Crippen molar-refractivity contribution in [2.45, 2.75) is 26.8 Å². The predicted octanol–water partition coefficient (Wildman–Crippen LogP) is 3.67. The van der Waals surface area contributed by atoms with Crippen molar-refractivity contribution in [3.63, 3.8) is 0 Å². The third-order valence-electron chi connectivity index (χ3n) is 5.17. The number of aliphatic imine (C=N–C) groups is 1. The molecule has 0 aliphatic carbocycles. The summed E-state index contributed by atoms with van der Waals surface area (Å²) in [6.45, 7) is 10.3. The molecule has 1 fully saturated rings. The van der Waals surface area contributed by atoms with Crippen LogP contribution in [0.25, 0.3) is 11.0 Å². The highest BCUT2D eigenvalue weighted by atomic mass is 127. The van der Waals surface area contributed by atoms with E-state index in [1.807, 2.05) is 31.2 Å². The molecule has 0 bridgehead atoms. The molecule has 1 aromatic carbocycles. The molecule has 1 aliphatic heterocycles. The molecule has 1 aliphatic rings. The van der Waals surface area contributed by atoms with Crippen LogP contribution in [0.1, 0.15) is 24.1 Å².